The maximum Gasteiger partial charge on any atom is 0.270 e. The standard InChI is InChI=1S/C62H127NO3S/c1-4-7-10-13-16-19-22-25-28-31-34-37-40-43-46-49-52-55-58-63(61-62-67(64,65)66,59-56-53-50-47-44-41-38-35-32-29-26-23-20-17-14-11-8-5-2)60-57-54-51-48-45-42-39-36-33-30-27-24-21-18-15-12-9-6-3/h4-62H2,1-3H3/p+1. The van der Waals surface area contributed by atoms with E-state index in [4.69, 9.17) is 0 Å². The van der Waals surface area contributed by atoms with Gasteiger partial charge in [0.2, 0.25) is 0 Å². The van der Waals surface area contributed by atoms with Crippen molar-refractivity contribution >= 4 is 10.1 Å². The van der Waals surface area contributed by atoms with E-state index in [1.807, 2.05) is 0 Å². The van der Waals surface area contributed by atoms with Crippen LogP contribution in [0, 0.1) is 0 Å². The molecule has 0 spiro atoms. The molecule has 0 aromatic carbocycles. The van der Waals surface area contributed by atoms with Crippen molar-refractivity contribution < 1.29 is 17.5 Å². The van der Waals surface area contributed by atoms with Gasteiger partial charge in [-0.25, -0.2) is 0 Å². The first-order chi connectivity index (χ1) is 32.9. The maximum absolute atomic E-state index is 12.1. The van der Waals surface area contributed by atoms with E-state index in [2.05, 4.69) is 20.8 Å². The molecule has 4 nitrogen and oxygen atoms in total. The van der Waals surface area contributed by atoms with Crippen LogP contribution in [0.1, 0.15) is 367 Å². The Hall–Kier alpha value is -0.130. The molecule has 1 N–H and O–H groups in total. The highest BCUT2D eigenvalue weighted by atomic mass is 32.2. The Morgan fingerprint density at radius 2 is 0.358 bits per heavy atom. The second kappa shape index (κ2) is 55.2. The number of quaternary nitrogens is 1. The Labute approximate surface area is 425 Å². The number of nitrogens with zero attached hydrogens (tertiary/aromatic N) is 1. The molecule has 0 saturated heterocycles. The van der Waals surface area contributed by atoms with Gasteiger partial charge in [-0.3, -0.25) is 4.55 Å². The van der Waals surface area contributed by atoms with Crippen molar-refractivity contribution in [2.75, 3.05) is 31.9 Å². The third kappa shape index (κ3) is 55.0. The van der Waals surface area contributed by atoms with E-state index in [1.165, 1.54) is 347 Å². The molecule has 0 radical (unpaired) electrons. The van der Waals surface area contributed by atoms with Crippen LogP contribution in [0.15, 0.2) is 0 Å². The first kappa shape index (κ1) is 66.9. The molecule has 0 rings (SSSR count). The van der Waals surface area contributed by atoms with Gasteiger partial charge in [0.1, 0.15) is 5.75 Å². The Balaban J connectivity index is 4.58. The summed E-state index contributed by atoms with van der Waals surface area (Å²) in [5.74, 6) is -0.0792. The zero-order valence-electron chi connectivity index (χ0n) is 46.8. The molecule has 0 fully saturated rings. The van der Waals surface area contributed by atoms with Crippen molar-refractivity contribution in [3.8, 4) is 0 Å². The summed E-state index contributed by atoms with van der Waals surface area (Å²) in [5.41, 5.74) is 0. The Bertz CT molecular complexity index is 918. The highest BCUT2D eigenvalue weighted by Crippen LogP contribution is 2.22. The van der Waals surface area contributed by atoms with Crippen molar-refractivity contribution in [2.24, 2.45) is 0 Å². The summed E-state index contributed by atoms with van der Waals surface area (Å²) in [7, 11) is -3.96. The van der Waals surface area contributed by atoms with E-state index >= 15 is 0 Å². The molecule has 0 bridgehead atoms. The second-order valence-electron chi connectivity index (χ2n) is 22.6. The summed E-state index contributed by atoms with van der Waals surface area (Å²) < 4.78 is 35.1. The lowest BCUT2D eigenvalue weighted by Gasteiger charge is -2.39. The molecule has 0 aliphatic heterocycles. The summed E-state index contributed by atoms with van der Waals surface area (Å²) in [6.07, 6.45) is 75.1. The van der Waals surface area contributed by atoms with E-state index in [-0.39, 0.29) is 5.75 Å². The second-order valence-corrected chi connectivity index (χ2v) is 24.1. The van der Waals surface area contributed by atoms with Crippen LogP contribution in [0.3, 0.4) is 0 Å². The van der Waals surface area contributed by atoms with E-state index < -0.39 is 10.1 Å². The molecule has 5 heteroatoms. The van der Waals surface area contributed by atoms with Crippen molar-refractivity contribution in [2.45, 2.75) is 367 Å². The lowest BCUT2D eigenvalue weighted by atomic mass is 10.0. The van der Waals surface area contributed by atoms with E-state index in [9.17, 15) is 13.0 Å². The third-order valence-electron chi connectivity index (χ3n) is 15.8. The monoisotopic (exact) mass is 967 g/mol. The average Bonchev–Trinajstić information content (AvgIpc) is 3.31. The molecular formula is C62H128NO3S+. The molecule has 0 heterocycles. The summed E-state index contributed by atoms with van der Waals surface area (Å²) in [6, 6.07) is 0. The van der Waals surface area contributed by atoms with Gasteiger partial charge >= 0.3 is 0 Å². The molecule has 0 atom stereocenters. The van der Waals surface area contributed by atoms with Gasteiger partial charge in [0, 0.05) is 0 Å². The maximum atomic E-state index is 12.1. The summed E-state index contributed by atoms with van der Waals surface area (Å²) in [4.78, 5) is 0. The van der Waals surface area contributed by atoms with Crippen molar-refractivity contribution in [1.82, 2.24) is 0 Å². The molecule has 0 amide bonds. The molecule has 404 valence electrons. The Morgan fingerprint density at radius 3 is 0.493 bits per heavy atom. The molecule has 0 unspecified atom stereocenters. The smallest absolute Gasteiger partial charge is 0.270 e. The number of unbranched alkanes of at least 4 members (excludes halogenated alkanes) is 51. The predicted molar refractivity (Wildman–Crippen MR) is 302 cm³/mol. The summed E-state index contributed by atoms with van der Waals surface area (Å²) >= 11 is 0. The fourth-order valence-electron chi connectivity index (χ4n) is 11.0. The molecule has 0 aromatic rings. The predicted octanol–water partition coefficient (Wildman–Crippen LogP) is 21.8. The van der Waals surface area contributed by atoms with Crippen molar-refractivity contribution in [3.05, 3.63) is 0 Å². The van der Waals surface area contributed by atoms with Crippen molar-refractivity contribution in [1.29, 1.82) is 0 Å². The highest BCUT2D eigenvalue weighted by molar-refractivity contribution is 7.85. The zero-order valence-corrected chi connectivity index (χ0v) is 47.7. The minimum atomic E-state index is -3.96. The van der Waals surface area contributed by atoms with Gasteiger partial charge in [0.25, 0.3) is 10.1 Å². The van der Waals surface area contributed by atoms with Crippen LogP contribution in [0.25, 0.3) is 0 Å². The molecule has 0 aliphatic carbocycles. The van der Waals surface area contributed by atoms with Gasteiger partial charge in [0.05, 0.1) is 26.2 Å². The van der Waals surface area contributed by atoms with Crippen molar-refractivity contribution in [3.63, 3.8) is 0 Å². The van der Waals surface area contributed by atoms with Gasteiger partial charge in [-0.1, -0.05) is 329 Å². The van der Waals surface area contributed by atoms with Crippen LogP contribution in [-0.2, 0) is 10.1 Å². The summed E-state index contributed by atoms with van der Waals surface area (Å²) in [5, 5.41) is 0. The number of hydrogen-bond acceptors (Lipinski definition) is 2. The van der Waals surface area contributed by atoms with Crippen LogP contribution >= 0.6 is 0 Å². The van der Waals surface area contributed by atoms with Gasteiger partial charge in [-0.2, -0.15) is 8.42 Å². The molecule has 0 saturated carbocycles. The highest BCUT2D eigenvalue weighted by Gasteiger charge is 2.28. The van der Waals surface area contributed by atoms with Gasteiger partial charge in [-0.15, -0.1) is 0 Å². The fourth-order valence-corrected chi connectivity index (χ4v) is 11.6. The van der Waals surface area contributed by atoms with Gasteiger partial charge in [0.15, 0.2) is 0 Å². The quantitative estimate of drug-likeness (QED) is 0.0375. The van der Waals surface area contributed by atoms with Crippen LogP contribution in [0.2, 0.25) is 0 Å². The van der Waals surface area contributed by atoms with E-state index in [1.54, 1.807) is 0 Å². The number of rotatable bonds is 60. The topological polar surface area (TPSA) is 54.4 Å². The molecule has 0 aromatic heterocycles. The first-order valence-corrected chi connectivity index (χ1v) is 33.3. The molecule has 0 aliphatic rings. The normalized spacial score (nSPS) is 12.2. The summed E-state index contributed by atoms with van der Waals surface area (Å²) in [6.45, 7) is 10.8. The van der Waals surface area contributed by atoms with E-state index in [0.717, 1.165) is 24.1 Å². The SMILES string of the molecule is CCCCCCCCCCCCCCCCCCCC[N+](CCCCCCCCCCCCCCCCCCCC)(CCCCCCCCCCCCCCCCCCCC)CCS(=O)(=O)O. The third-order valence-corrected chi connectivity index (χ3v) is 16.5. The van der Waals surface area contributed by atoms with Gasteiger partial charge in [-0.05, 0) is 38.5 Å². The number of hydrogen-bond donors (Lipinski definition) is 1. The minimum absolute atomic E-state index is 0.0792. The lowest BCUT2D eigenvalue weighted by molar-refractivity contribution is -0.926. The van der Waals surface area contributed by atoms with Crippen LogP contribution in [0.5, 0.6) is 0 Å². The van der Waals surface area contributed by atoms with Crippen LogP contribution in [0.4, 0.5) is 0 Å². The minimum Gasteiger partial charge on any atom is -0.323 e. The molecule has 67 heavy (non-hydrogen) atoms. The average molecular weight is 968 g/mol. The van der Waals surface area contributed by atoms with Crippen LogP contribution in [-0.4, -0.2) is 49.4 Å². The van der Waals surface area contributed by atoms with Crippen LogP contribution < -0.4 is 0 Å². The Morgan fingerprint density at radius 1 is 0.224 bits per heavy atom. The zero-order chi connectivity index (χ0) is 48.7. The Kier molecular flexibility index (Phi) is 55.1. The molecular weight excluding hydrogens is 839 g/mol. The lowest BCUT2D eigenvalue weighted by Crippen LogP contribution is -2.52. The first-order valence-electron chi connectivity index (χ1n) is 31.7. The fraction of sp³-hybridized carbons (Fsp3) is 1.00. The van der Waals surface area contributed by atoms with Gasteiger partial charge < -0.3 is 4.48 Å². The van der Waals surface area contributed by atoms with E-state index in [0.29, 0.717) is 6.54 Å². The largest absolute Gasteiger partial charge is 0.323 e.